The maximum absolute atomic E-state index is 11.1. The molecule has 1 N–H and O–H groups in total. The van der Waals surface area contributed by atoms with Gasteiger partial charge in [-0.2, -0.15) is 0 Å². The van der Waals surface area contributed by atoms with E-state index in [1.165, 1.54) is 24.5 Å². The topological polar surface area (TPSA) is 68.7 Å². The molecular formula is C12H11NO4S. The second-order valence-electron chi connectivity index (χ2n) is 3.44. The minimum Gasteiger partial charge on any atom is -0.497 e. The molecule has 1 aromatic carbocycles. The molecule has 5 nitrogen and oxygen atoms in total. The van der Waals surface area contributed by atoms with Crippen molar-refractivity contribution in [3.05, 3.63) is 40.3 Å². The minimum absolute atomic E-state index is 0.0737. The van der Waals surface area contributed by atoms with Crippen molar-refractivity contribution in [2.45, 2.75) is 6.61 Å². The molecule has 1 aromatic heterocycles. The van der Waals surface area contributed by atoms with Crippen LogP contribution in [0.2, 0.25) is 0 Å². The van der Waals surface area contributed by atoms with E-state index in [4.69, 9.17) is 14.6 Å². The first-order valence-corrected chi connectivity index (χ1v) is 6.06. The third-order valence-electron chi connectivity index (χ3n) is 2.28. The molecule has 2 rings (SSSR count). The third kappa shape index (κ3) is 2.78. The van der Waals surface area contributed by atoms with Crippen molar-refractivity contribution in [2.75, 3.05) is 7.11 Å². The van der Waals surface area contributed by atoms with Crippen LogP contribution in [0.1, 0.15) is 16.1 Å². The van der Waals surface area contributed by atoms with Crippen LogP contribution >= 0.6 is 11.3 Å². The minimum atomic E-state index is -1.05. The largest absolute Gasteiger partial charge is 0.497 e. The first-order chi connectivity index (χ1) is 8.70. The first-order valence-electron chi connectivity index (χ1n) is 5.12. The van der Waals surface area contributed by atoms with Crippen molar-refractivity contribution >= 4 is 17.3 Å². The molecule has 0 saturated carbocycles. The number of carboxylic acids is 1. The molecule has 0 radical (unpaired) electrons. The SMILES string of the molecule is COc1ccc(OCc2cscn2)c(C(=O)O)c1. The lowest BCUT2D eigenvalue weighted by molar-refractivity contribution is 0.0691. The van der Waals surface area contributed by atoms with E-state index in [9.17, 15) is 4.79 Å². The molecule has 2 aromatic rings. The van der Waals surface area contributed by atoms with Crippen LogP contribution in [-0.4, -0.2) is 23.2 Å². The van der Waals surface area contributed by atoms with Gasteiger partial charge in [-0.1, -0.05) is 0 Å². The van der Waals surface area contributed by atoms with Gasteiger partial charge in [-0.3, -0.25) is 0 Å². The predicted octanol–water partition coefficient (Wildman–Crippen LogP) is 2.43. The number of nitrogens with zero attached hydrogens (tertiary/aromatic N) is 1. The van der Waals surface area contributed by atoms with Crippen molar-refractivity contribution in [3.63, 3.8) is 0 Å². The number of aromatic nitrogens is 1. The van der Waals surface area contributed by atoms with Gasteiger partial charge in [-0.15, -0.1) is 11.3 Å². The monoisotopic (exact) mass is 265 g/mol. The standard InChI is InChI=1S/C12H11NO4S/c1-16-9-2-3-11(10(4-9)12(14)15)17-5-8-6-18-7-13-8/h2-4,6-7H,5H2,1H3,(H,14,15). The van der Waals surface area contributed by atoms with Gasteiger partial charge in [0.25, 0.3) is 0 Å². The Hall–Kier alpha value is -2.08. The normalized spacial score (nSPS) is 10.1. The van der Waals surface area contributed by atoms with Crippen molar-refractivity contribution in [2.24, 2.45) is 0 Å². The number of methoxy groups -OCH3 is 1. The summed E-state index contributed by atoms with van der Waals surface area (Å²) in [4.78, 5) is 15.2. The summed E-state index contributed by atoms with van der Waals surface area (Å²) in [5.41, 5.74) is 2.54. The van der Waals surface area contributed by atoms with Gasteiger partial charge in [-0.25, -0.2) is 9.78 Å². The van der Waals surface area contributed by atoms with Crippen molar-refractivity contribution < 1.29 is 19.4 Å². The average molecular weight is 265 g/mol. The summed E-state index contributed by atoms with van der Waals surface area (Å²) in [5, 5.41) is 10.9. The predicted molar refractivity (Wildman–Crippen MR) is 66.4 cm³/mol. The van der Waals surface area contributed by atoms with Crippen LogP contribution in [0.5, 0.6) is 11.5 Å². The summed E-state index contributed by atoms with van der Waals surface area (Å²) >= 11 is 1.46. The molecule has 0 amide bonds. The molecule has 0 atom stereocenters. The molecular weight excluding hydrogens is 254 g/mol. The van der Waals surface area contributed by atoms with E-state index >= 15 is 0 Å². The van der Waals surface area contributed by atoms with E-state index in [1.54, 1.807) is 17.6 Å². The van der Waals surface area contributed by atoms with E-state index in [0.717, 1.165) is 5.69 Å². The number of hydrogen-bond donors (Lipinski definition) is 1. The second kappa shape index (κ2) is 5.50. The van der Waals surface area contributed by atoms with Gasteiger partial charge in [0.2, 0.25) is 0 Å². The second-order valence-corrected chi connectivity index (χ2v) is 4.15. The van der Waals surface area contributed by atoms with E-state index in [1.807, 2.05) is 5.38 Å². The van der Waals surface area contributed by atoms with Crippen LogP contribution in [-0.2, 0) is 6.61 Å². The van der Waals surface area contributed by atoms with E-state index in [-0.39, 0.29) is 12.2 Å². The molecule has 0 spiro atoms. The highest BCUT2D eigenvalue weighted by molar-refractivity contribution is 7.07. The summed E-state index contributed by atoms with van der Waals surface area (Å²) in [5.74, 6) is -0.271. The number of carboxylic acid groups (broad SMARTS) is 1. The zero-order valence-electron chi connectivity index (χ0n) is 9.62. The summed E-state index contributed by atoms with van der Waals surface area (Å²) in [6.45, 7) is 0.246. The highest BCUT2D eigenvalue weighted by Gasteiger charge is 2.13. The fraction of sp³-hybridized carbons (Fsp3) is 0.167. The van der Waals surface area contributed by atoms with Gasteiger partial charge in [0.15, 0.2) is 0 Å². The number of carbonyl (C=O) groups is 1. The summed E-state index contributed by atoms with van der Waals surface area (Å²) in [6.07, 6.45) is 0. The Morgan fingerprint density at radius 1 is 1.50 bits per heavy atom. The Balaban J connectivity index is 2.18. The van der Waals surface area contributed by atoms with Crippen molar-refractivity contribution in [3.8, 4) is 11.5 Å². The number of rotatable bonds is 5. The van der Waals surface area contributed by atoms with Crippen molar-refractivity contribution in [1.29, 1.82) is 0 Å². The molecule has 0 aliphatic carbocycles. The zero-order valence-corrected chi connectivity index (χ0v) is 10.4. The van der Waals surface area contributed by atoms with Gasteiger partial charge in [-0.05, 0) is 18.2 Å². The van der Waals surface area contributed by atoms with Crippen LogP contribution in [0.3, 0.4) is 0 Å². The van der Waals surface area contributed by atoms with E-state index in [0.29, 0.717) is 11.5 Å². The number of aromatic carboxylic acids is 1. The van der Waals surface area contributed by atoms with Crippen LogP contribution in [0.25, 0.3) is 0 Å². The molecule has 94 valence electrons. The van der Waals surface area contributed by atoms with Gasteiger partial charge in [0, 0.05) is 5.38 Å². The number of hydrogen-bond acceptors (Lipinski definition) is 5. The lowest BCUT2D eigenvalue weighted by Crippen LogP contribution is -2.04. The van der Waals surface area contributed by atoms with Gasteiger partial charge in [0.1, 0.15) is 23.7 Å². The Morgan fingerprint density at radius 2 is 2.33 bits per heavy atom. The van der Waals surface area contributed by atoms with E-state index in [2.05, 4.69) is 4.98 Å². The highest BCUT2D eigenvalue weighted by atomic mass is 32.1. The Morgan fingerprint density at radius 3 is 2.94 bits per heavy atom. The first kappa shape index (κ1) is 12.4. The summed E-state index contributed by atoms with van der Waals surface area (Å²) in [6, 6.07) is 4.66. The fourth-order valence-electron chi connectivity index (χ4n) is 1.39. The number of thiazole rings is 1. The quantitative estimate of drug-likeness (QED) is 0.899. The Bertz CT molecular complexity index is 539. The number of benzene rings is 1. The van der Waals surface area contributed by atoms with Crippen LogP contribution in [0.15, 0.2) is 29.1 Å². The van der Waals surface area contributed by atoms with Gasteiger partial charge < -0.3 is 14.6 Å². The Kier molecular flexibility index (Phi) is 3.78. The lowest BCUT2D eigenvalue weighted by atomic mass is 10.2. The molecule has 0 unspecified atom stereocenters. The molecule has 0 fully saturated rings. The van der Waals surface area contributed by atoms with Gasteiger partial charge in [0.05, 0.1) is 18.3 Å². The van der Waals surface area contributed by atoms with Crippen LogP contribution < -0.4 is 9.47 Å². The van der Waals surface area contributed by atoms with Crippen LogP contribution in [0, 0.1) is 0 Å². The third-order valence-corrected chi connectivity index (χ3v) is 2.91. The molecule has 0 aliphatic heterocycles. The fourth-order valence-corrected chi connectivity index (χ4v) is 1.93. The molecule has 18 heavy (non-hydrogen) atoms. The summed E-state index contributed by atoms with van der Waals surface area (Å²) < 4.78 is 10.4. The van der Waals surface area contributed by atoms with Gasteiger partial charge >= 0.3 is 5.97 Å². The molecule has 1 heterocycles. The zero-order chi connectivity index (χ0) is 13.0. The van der Waals surface area contributed by atoms with E-state index < -0.39 is 5.97 Å². The highest BCUT2D eigenvalue weighted by Crippen LogP contribution is 2.25. The summed E-state index contributed by atoms with van der Waals surface area (Å²) in [7, 11) is 1.48. The molecule has 0 saturated heterocycles. The average Bonchev–Trinajstić information content (AvgIpc) is 2.89. The lowest BCUT2D eigenvalue weighted by Gasteiger charge is -2.09. The number of ether oxygens (including phenoxy) is 2. The van der Waals surface area contributed by atoms with Crippen molar-refractivity contribution in [1.82, 2.24) is 4.98 Å². The van der Waals surface area contributed by atoms with Crippen LogP contribution in [0.4, 0.5) is 0 Å². The molecule has 0 aliphatic rings. The Labute approximate surface area is 108 Å². The smallest absolute Gasteiger partial charge is 0.339 e. The maximum Gasteiger partial charge on any atom is 0.339 e. The molecule has 0 bridgehead atoms. The maximum atomic E-state index is 11.1. The molecule has 6 heteroatoms.